The summed E-state index contributed by atoms with van der Waals surface area (Å²) < 4.78 is 34.8. The zero-order chi connectivity index (χ0) is 25.4. The fraction of sp³-hybridized carbons (Fsp3) is 0.0400. The summed E-state index contributed by atoms with van der Waals surface area (Å²) in [6.07, 6.45) is 0. The van der Waals surface area contributed by atoms with Gasteiger partial charge in [0.15, 0.2) is 5.13 Å². The van der Waals surface area contributed by atoms with E-state index in [9.17, 15) is 13.2 Å². The number of para-hydroxylation sites is 2. The Hall–Kier alpha value is -3.37. The van der Waals surface area contributed by atoms with Crippen LogP contribution in [0, 0.1) is 0 Å². The number of aromatic nitrogens is 1. The molecule has 0 aliphatic heterocycles. The molecule has 11 heteroatoms. The molecule has 0 saturated carbocycles. The number of rotatable bonds is 6. The third-order valence-corrected chi connectivity index (χ3v) is 8.49. The molecule has 0 aliphatic carbocycles. The maximum absolute atomic E-state index is 13.1. The molecule has 1 heterocycles. The van der Waals surface area contributed by atoms with Gasteiger partial charge in [0.25, 0.3) is 15.9 Å². The third kappa shape index (κ3) is 4.58. The Balaban J connectivity index is 1.48. The van der Waals surface area contributed by atoms with E-state index in [4.69, 9.17) is 27.9 Å². The largest absolute Gasteiger partial charge is 0.495 e. The highest BCUT2D eigenvalue weighted by Crippen LogP contribution is 2.34. The fourth-order valence-electron chi connectivity index (χ4n) is 3.72. The van der Waals surface area contributed by atoms with Gasteiger partial charge in [-0.3, -0.25) is 14.8 Å². The maximum Gasteiger partial charge on any atom is 0.263 e. The molecule has 1 aromatic heterocycles. The number of halogens is 2. The van der Waals surface area contributed by atoms with E-state index in [1.54, 1.807) is 24.3 Å². The lowest BCUT2D eigenvalue weighted by atomic mass is 10.1. The molecule has 0 radical (unpaired) electrons. The van der Waals surface area contributed by atoms with Crippen molar-refractivity contribution in [3.63, 3.8) is 0 Å². The number of nitrogens with zero attached hydrogens (tertiary/aromatic N) is 1. The number of hydrogen-bond donors (Lipinski definition) is 2. The van der Waals surface area contributed by atoms with E-state index in [0.717, 1.165) is 27.1 Å². The van der Waals surface area contributed by atoms with Crippen molar-refractivity contribution in [2.75, 3.05) is 17.1 Å². The summed E-state index contributed by atoms with van der Waals surface area (Å²) >= 11 is 13.8. The molecule has 1 amide bonds. The first kappa shape index (κ1) is 24.3. The van der Waals surface area contributed by atoms with Gasteiger partial charge in [-0.15, -0.1) is 0 Å². The molecular weight excluding hydrogens is 541 g/mol. The Kier molecular flexibility index (Phi) is 6.48. The van der Waals surface area contributed by atoms with E-state index in [2.05, 4.69) is 15.0 Å². The first-order chi connectivity index (χ1) is 17.3. The molecule has 4 aromatic carbocycles. The Labute approximate surface area is 220 Å². The minimum absolute atomic E-state index is 0.000280. The predicted molar refractivity (Wildman–Crippen MR) is 145 cm³/mol. The number of ether oxygens (including phenoxy) is 1. The lowest BCUT2D eigenvalue weighted by molar-refractivity contribution is 0.102. The van der Waals surface area contributed by atoms with Crippen molar-refractivity contribution in [3.05, 3.63) is 88.4 Å². The Morgan fingerprint density at radius 3 is 2.53 bits per heavy atom. The molecule has 36 heavy (non-hydrogen) atoms. The number of carbonyl (C=O) groups is 1. The molecule has 7 nitrogen and oxygen atoms in total. The summed E-state index contributed by atoms with van der Waals surface area (Å²) in [6, 6.07) is 20.6. The topological polar surface area (TPSA) is 97.4 Å². The van der Waals surface area contributed by atoms with Crippen LogP contribution in [0.5, 0.6) is 5.75 Å². The summed E-state index contributed by atoms with van der Waals surface area (Å²) in [5.74, 6) is -0.291. The van der Waals surface area contributed by atoms with Crippen LogP contribution >= 0.6 is 34.5 Å². The lowest BCUT2D eigenvalue weighted by Crippen LogP contribution is -2.17. The van der Waals surface area contributed by atoms with Crippen molar-refractivity contribution >= 4 is 82.3 Å². The number of methoxy groups -OCH3 is 1. The molecule has 5 rings (SSSR count). The standard InChI is InChI=1S/C25H17Cl2N3O4S2/c1-34-20-9-5-4-8-19(20)30-36(32,33)22-12-16(17(26)13-18(22)27)24(31)29-25-28-23-15-7-3-2-6-14(15)10-11-21(23)35-25/h2-13,30H,1H3,(H,28,29,31). The number of carbonyl (C=O) groups excluding carboxylic acids is 1. The van der Waals surface area contributed by atoms with Gasteiger partial charge in [0.2, 0.25) is 0 Å². The molecule has 0 atom stereocenters. The van der Waals surface area contributed by atoms with Crippen molar-refractivity contribution in [2.24, 2.45) is 0 Å². The average Bonchev–Trinajstić information content (AvgIpc) is 3.27. The first-order valence-electron chi connectivity index (χ1n) is 10.5. The molecule has 0 saturated heterocycles. The summed E-state index contributed by atoms with van der Waals surface area (Å²) in [5, 5.41) is 4.95. The Bertz CT molecular complexity index is 1750. The van der Waals surface area contributed by atoms with Gasteiger partial charge in [-0.25, -0.2) is 13.4 Å². The maximum atomic E-state index is 13.1. The smallest absolute Gasteiger partial charge is 0.263 e. The molecule has 0 aliphatic rings. The van der Waals surface area contributed by atoms with Gasteiger partial charge in [0.1, 0.15) is 10.6 Å². The molecule has 0 fully saturated rings. The third-order valence-electron chi connectivity index (χ3n) is 5.41. The minimum Gasteiger partial charge on any atom is -0.495 e. The van der Waals surface area contributed by atoms with E-state index >= 15 is 0 Å². The van der Waals surface area contributed by atoms with Gasteiger partial charge >= 0.3 is 0 Å². The zero-order valence-electron chi connectivity index (χ0n) is 18.6. The highest BCUT2D eigenvalue weighted by molar-refractivity contribution is 7.92. The number of sulfonamides is 1. The number of hydrogen-bond acceptors (Lipinski definition) is 6. The molecule has 0 spiro atoms. The van der Waals surface area contributed by atoms with Gasteiger partial charge in [-0.1, -0.05) is 77.0 Å². The molecule has 0 unspecified atom stereocenters. The fourth-order valence-corrected chi connectivity index (χ4v) is 6.52. The van der Waals surface area contributed by atoms with Crippen LogP contribution in [0.25, 0.3) is 21.0 Å². The minimum atomic E-state index is -4.18. The van der Waals surface area contributed by atoms with Crippen LogP contribution in [0.4, 0.5) is 10.8 Å². The van der Waals surface area contributed by atoms with Gasteiger partial charge in [-0.05, 0) is 35.7 Å². The van der Waals surface area contributed by atoms with Crippen LogP contribution in [-0.2, 0) is 10.0 Å². The summed E-state index contributed by atoms with van der Waals surface area (Å²) in [4.78, 5) is 17.4. The van der Waals surface area contributed by atoms with Crippen LogP contribution in [0.1, 0.15) is 10.4 Å². The first-order valence-corrected chi connectivity index (χ1v) is 13.6. The number of fused-ring (bicyclic) bond motifs is 3. The molecular formula is C25H17Cl2N3O4S2. The monoisotopic (exact) mass is 557 g/mol. The van der Waals surface area contributed by atoms with E-state index < -0.39 is 15.9 Å². The van der Waals surface area contributed by atoms with Crippen molar-refractivity contribution < 1.29 is 17.9 Å². The van der Waals surface area contributed by atoms with Crippen LogP contribution in [0.15, 0.2) is 77.7 Å². The van der Waals surface area contributed by atoms with Gasteiger partial charge in [0, 0.05) is 5.39 Å². The number of thiazole rings is 1. The molecule has 0 bridgehead atoms. The quantitative estimate of drug-likeness (QED) is 0.239. The van der Waals surface area contributed by atoms with Crippen LogP contribution in [0.3, 0.4) is 0 Å². The van der Waals surface area contributed by atoms with Crippen molar-refractivity contribution in [1.82, 2.24) is 4.98 Å². The highest BCUT2D eigenvalue weighted by Gasteiger charge is 2.24. The average molecular weight is 558 g/mol. The lowest BCUT2D eigenvalue weighted by Gasteiger charge is -2.14. The predicted octanol–water partition coefficient (Wildman–Crippen LogP) is 6.82. The molecule has 2 N–H and O–H groups in total. The second-order valence-electron chi connectivity index (χ2n) is 7.67. The van der Waals surface area contributed by atoms with E-state index in [1.807, 2.05) is 36.4 Å². The summed E-state index contributed by atoms with van der Waals surface area (Å²) in [5.41, 5.74) is 0.921. The van der Waals surface area contributed by atoms with Gasteiger partial charge in [0.05, 0.1) is 38.6 Å². The summed E-state index contributed by atoms with van der Waals surface area (Å²) in [7, 11) is -2.75. The number of benzene rings is 4. The second kappa shape index (κ2) is 9.59. The normalized spacial score (nSPS) is 11.5. The van der Waals surface area contributed by atoms with E-state index in [0.29, 0.717) is 10.9 Å². The van der Waals surface area contributed by atoms with E-state index in [1.165, 1.54) is 24.5 Å². The van der Waals surface area contributed by atoms with Gasteiger partial charge in [-0.2, -0.15) is 0 Å². The van der Waals surface area contributed by atoms with Crippen molar-refractivity contribution in [2.45, 2.75) is 4.90 Å². The van der Waals surface area contributed by atoms with Crippen LogP contribution in [0.2, 0.25) is 10.0 Å². The van der Waals surface area contributed by atoms with Crippen LogP contribution in [-0.4, -0.2) is 26.4 Å². The second-order valence-corrected chi connectivity index (χ2v) is 11.2. The molecule has 5 aromatic rings. The van der Waals surface area contributed by atoms with Crippen molar-refractivity contribution in [1.29, 1.82) is 0 Å². The number of anilines is 2. The number of nitrogens with one attached hydrogen (secondary N) is 2. The molecule has 182 valence electrons. The zero-order valence-corrected chi connectivity index (χ0v) is 21.7. The van der Waals surface area contributed by atoms with Crippen LogP contribution < -0.4 is 14.8 Å². The summed E-state index contributed by atoms with van der Waals surface area (Å²) in [6.45, 7) is 0. The highest BCUT2D eigenvalue weighted by atomic mass is 35.5. The number of amides is 1. The Morgan fingerprint density at radius 2 is 1.72 bits per heavy atom. The Morgan fingerprint density at radius 1 is 0.972 bits per heavy atom. The van der Waals surface area contributed by atoms with E-state index in [-0.39, 0.29) is 26.2 Å². The SMILES string of the molecule is COc1ccccc1NS(=O)(=O)c1cc(C(=O)Nc2nc3c(ccc4ccccc43)s2)c(Cl)cc1Cl. The van der Waals surface area contributed by atoms with Gasteiger partial charge < -0.3 is 4.74 Å². The van der Waals surface area contributed by atoms with Crippen molar-refractivity contribution in [3.8, 4) is 5.75 Å².